The number of halogens is 1. The average molecular weight is 511 g/mol. The second-order valence-electron chi connectivity index (χ2n) is 8.44. The van der Waals surface area contributed by atoms with E-state index in [9.17, 15) is 9.59 Å². The Morgan fingerprint density at radius 1 is 0.647 bits per heavy atom. The van der Waals surface area contributed by atoms with Crippen LogP contribution in [0.1, 0.15) is 44.1 Å². The molecule has 5 heteroatoms. The topological polar surface area (TPSA) is 59.1 Å². The Bertz CT molecular complexity index is 1280. The maximum absolute atomic E-state index is 14.0. The Hall–Kier alpha value is -3.41. The molecule has 4 aromatic rings. The number of rotatable bonds is 6. The van der Waals surface area contributed by atoms with E-state index in [0.717, 1.165) is 15.7 Å². The van der Waals surface area contributed by atoms with E-state index in [2.05, 4.69) is 26.2 Å². The summed E-state index contributed by atoms with van der Waals surface area (Å²) in [5.41, 5.74) is 2.91. The first-order valence-corrected chi connectivity index (χ1v) is 12.0. The number of nitrogens with one attached hydrogen (secondary N) is 1. The molecule has 4 nitrogen and oxygen atoms in total. The van der Waals surface area contributed by atoms with Crippen molar-refractivity contribution in [3.8, 4) is 0 Å². The van der Waals surface area contributed by atoms with Gasteiger partial charge in [0.2, 0.25) is 0 Å². The number of benzene rings is 3. The lowest BCUT2D eigenvalue weighted by atomic mass is 9.75. The molecule has 1 saturated heterocycles. The van der Waals surface area contributed by atoms with Gasteiger partial charge in [-0.25, -0.2) is 0 Å². The van der Waals surface area contributed by atoms with E-state index in [1.165, 1.54) is 0 Å². The summed E-state index contributed by atoms with van der Waals surface area (Å²) in [6.07, 6.45) is 1.72. The van der Waals surface area contributed by atoms with Crippen molar-refractivity contribution < 1.29 is 9.59 Å². The van der Waals surface area contributed by atoms with Crippen LogP contribution in [-0.4, -0.2) is 16.6 Å². The van der Waals surface area contributed by atoms with E-state index in [4.69, 9.17) is 0 Å². The summed E-state index contributed by atoms with van der Waals surface area (Å²) < 4.78 is 0.957. The Labute approximate surface area is 207 Å². The van der Waals surface area contributed by atoms with E-state index in [1.54, 1.807) is 6.20 Å². The maximum atomic E-state index is 14.0. The van der Waals surface area contributed by atoms with Crippen molar-refractivity contribution >= 4 is 27.5 Å². The SMILES string of the molecule is O=C(c1ccccc1)[C@H]1[C@H](C(=O)c2ccccc2)[C@H](c2ccccn2)N[C@@H]1c1ccc(Br)cc1. The molecule has 0 unspecified atom stereocenters. The summed E-state index contributed by atoms with van der Waals surface area (Å²) in [7, 11) is 0. The van der Waals surface area contributed by atoms with Gasteiger partial charge in [0.25, 0.3) is 0 Å². The van der Waals surface area contributed by atoms with Gasteiger partial charge in [-0.3, -0.25) is 14.6 Å². The Morgan fingerprint density at radius 3 is 1.71 bits per heavy atom. The lowest BCUT2D eigenvalue weighted by Crippen LogP contribution is -2.31. The van der Waals surface area contributed by atoms with Crippen LogP contribution in [0.2, 0.25) is 0 Å². The quantitative estimate of drug-likeness (QED) is 0.312. The molecule has 1 aromatic heterocycles. The number of nitrogens with zero attached hydrogens (tertiary/aromatic N) is 1. The van der Waals surface area contributed by atoms with Crippen molar-refractivity contribution in [2.45, 2.75) is 12.1 Å². The second kappa shape index (κ2) is 9.84. The standard InChI is InChI=1S/C29H23BrN2O2/c30-22-16-14-19(15-17-22)26-24(28(33)20-9-3-1-4-10-20)25(29(34)21-11-5-2-6-12-21)27(32-26)23-13-7-8-18-31-23/h1-18,24-27,32H/t24-,25-,26+,27-/m0/s1. The van der Waals surface area contributed by atoms with Gasteiger partial charge in [0.1, 0.15) is 0 Å². The smallest absolute Gasteiger partial charge is 0.168 e. The predicted molar refractivity (Wildman–Crippen MR) is 136 cm³/mol. The van der Waals surface area contributed by atoms with E-state index in [-0.39, 0.29) is 17.6 Å². The molecule has 3 aromatic carbocycles. The molecule has 1 N–H and O–H groups in total. The number of Topliss-reactive ketones (excluding diaryl/α,β-unsaturated/α-hetero) is 2. The lowest BCUT2D eigenvalue weighted by Gasteiger charge is -2.24. The maximum Gasteiger partial charge on any atom is 0.168 e. The zero-order valence-corrected chi connectivity index (χ0v) is 19.9. The van der Waals surface area contributed by atoms with Crippen LogP contribution in [0, 0.1) is 11.8 Å². The number of pyridine rings is 1. The zero-order chi connectivity index (χ0) is 23.5. The first-order valence-electron chi connectivity index (χ1n) is 11.2. The van der Waals surface area contributed by atoms with Gasteiger partial charge in [-0.1, -0.05) is 94.8 Å². The zero-order valence-electron chi connectivity index (χ0n) is 18.3. The molecule has 0 bridgehead atoms. The van der Waals surface area contributed by atoms with Crippen LogP contribution < -0.4 is 5.32 Å². The molecule has 34 heavy (non-hydrogen) atoms. The normalized spacial score (nSPS) is 21.8. The van der Waals surface area contributed by atoms with Gasteiger partial charge < -0.3 is 5.32 Å². The highest BCUT2D eigenvalue weighted by molar-refractivity contribution is 9.10. The van der Waals surface area contributed by atoms with Crippen LogP contribution in [-0.2, 0) is 0 Å². The minimum absolute atomic E-state index is 0.0475. The number of carbonyl (C=O) groups excluding carboxylic acids is 2. The van der Waals surface area contributed by atoms with Gasteiger partial charge in [0, 0.05) is 27.8 Å². The largest absolute Gasteiger partial charge is 0.300 e. The number of hydrogen-bond donors (Lipinski definition) is 1. The summed E-state index contributed by atoms with van der Waals surface area (Å²) >= 11 is 3.50. The molecule has 0 spiro atoms. The van der Waals surface area contributed by atoms with Crippen molar-refractivity contribution in [1.29, 1.82) is 0 Å². The minimum Gasteiger partial charge on any atom is -0.300 e. The van der Waals surface area contributed by atoms with E-state index in [0.29, 0.717) is 11.1 Å². The monoisotopic (exact) mass is 510 g/mol. The van der Waals surface area contributed by atoms with Gasteiger partial charge in [0.05, 0.1) is 23.6 Å². The van der Waals surface area contributed by atoms with Crippen LogP contribution in [0.15, 0.2) is 114 Å². The first kappa shape index (κ1) is 22.4. The number of carbonyl (C=O) groups is 2. The van der Waals surface area contributed by atoms with Crippen LogP contribution in [0.4, 0.5) is 0 Å². The highest BCUT2D eigenvalue weighted by atomic mass is 79.9. The van der Waals surface area contributed by atoms with Crippen LogP contribution in [0.3, 0.4) is 0 Å². The van der Waals surface area contributed by atoms with Gasteiger partial charge in [-0.05, 0) is 29.8 Å². The van der Waals surface area contributed by atoms with E-state index < -0.39 is 17.9 Å². The molecule has 0 amide bonds. The van der Waals surface area contributed by atoms with Crippen LogP contribution in [0.25, 0.3) is 0 Å². The number of ketones is 2. The molecule has 1 aliphatic heterocycles. The molecule has 5 rings (SSSR count). The van der Waals surface area contributed by atoms with Crippen molar-refractivity contribution in [1.82, 2.24) is 10.3 Å². The molecular formula is C29H23BrN2O2. The minimum atomic E-state index is -0.612. The molecule has 4 atom stereocenters. The van der Waals surface area contributed by atoms with Gasteiger partial charge in [-0.2, -0.15) is 0 Å². The highest BCUT2D eigenvalue weighted by Gasteiger charge is 2.51. The lowest BCUT2D eigenvalue weighted by molar-refractivity contribution is 0.0772. The van der Waals surface area contributed by atoms with Gasteiger partial charge in [0.15, 0.2) is 11.6 Å². The average Bonchev–Trinajstić information content (AvgIpc) is 3.30. The summed E-state index contributed by atoms with van der Waals surface area (Å²) in [4.78, 5) is 32.5. The molecular weight excluding hydrogens is 488 g/mol. The third-order valence-electron chi connectivity index (χ3n) is 6.42. The first-order chi connectivity index (χ1) is 16.6. The van der Waals surface area contributed by atoms with Gasteiger partial charge in [-0.15, -0.1) is 0 Å². The molecule has 168 valence electrons. The summed E-state index contributed by atoms with van der Waals surface area (Å²) in [6, 6.07) is 31.3. The van der Waals surface area contributed by atoms with Crippen LogP contribution in [0.5, 0.6) is 0 Å². The molecule has 0 radical (unpaired) electrons. The highest BCUT2D eigenvalue weighted by Crippen LogP contribution is 2.46. The molecule has 1 fully saturated rings. The van der Waals surface area contributed by atoms with E-state index >= 15 is 0 Å². The van der Waals surface area contributed by atoms with Crippen molar-refractivity contribution in [2.24, 2.45) is 11.8 Å². The Kier molecular flexibility index (Phi) is 6.48. The molecule has 2 heterocycles. The van der Waals surface area contributed by atoms with Crippen molar-refractivity contribution in [3.05, 3.63) is 136 Å². The molecule has 0 saturated carbocycles. The van der Waals surface area contributed by atoms with Crippen molar-refractivity contribution in [2.75, 3.05) is 0 Å². The summed E-state index contributed by atoms with van der Waals surface area (Å²) in [5.74, 6) is -1.31. The number of hydrogen-bond acceptors (Lipinski definition) is 4. The Morgan fingerprint density at radius 2 is 1.18 bits per heavy atom. The molecule has 0 aliphatic carbocycles. The van der Waals surface area contributed by atoms with Crippen molar-refractivity contribution in [3.63, 3.8) is 0 Å². The number of aromatic nitrogens is 1. The fraction of sp³-hybridized carbons (Fsp3) is 0.138. The third kappa shape index (κ3) is 4.37. The van der Waals surface area contributed by atoms with Gasteiger partial charge >= 0.3 is 0 Å². The third-order valence-corrected chi connectivity index (χ3v) is 6.95. The van der Waals surface area contributed by atoms with Crippen LogP contribution >= 0.6 is 15.9 Å². The summed E-state index contributed by atoms with van der Waals surface area (Å²) in [5, 5.41) is 3.63. The fourth-order valence-electron chi connectivity index (χ4n) is 4.84. The molecule has 1 aliphatic rings. The second-order valence-corrected chi connectivity index (χ2v) is 9.36. The Balaban J connectivity index is 1.66. The summed E-state index contributed by atoms with van der Waals surface area (Å²) in [6.45, 7) is 0. The fourth-order valence-corrected chi connectivity index (χ4v) is 5.10. The predicted octanol–water partition coefficient (Wildman–Crippen LogP) is 6.23. The van der Waals surface area contributed by atoms with E-state index in [1.807, 2.05) is 103 Å².